The molecule has 0 saturated carbocycles. The van der Waals surface area contributed by atoms with Crippen molar-refractivity contribution >= 4 is 0 Å². The highest BCUT2D eigenvalue weighted by Gasteiger charge is 2.09. The molecule has 4 nitrogen and oxygen atoms in total. The molecule has 0 fully saturated rings. The number of ether oxygens (including phenoxy) is 2. The summed E-state index contributed by atoms with van der Waals surface area (Å²) in [5.74, 6) is 1.57. The Hall–Kier alpha value is -2.88. The minimum atomic E-state index is 0.763. The van der Waals surface area contributed by atoms with Gasteiger partial charge in [0, 0.05) is 12.4 Å². The predicted octanol–water partition coefficient (Wildman–Crippen LogP) is 4.25. The Balaban J connectivity index is 1.71. The molecule has 0 radical (unpaired) electrons. The van der Waals surface area contributed by atoms with Gasteiger partial charge in [-0.1, -0.05) is 24.3 Å². The fourth-order valence-corrected chi connectivity index (χ4v) is 2.77. The first-order valence-electron chi connectivity index (χ1n) is 8.29. The molecule has 0 spiro atoms. The molecule has 0 unspecified atom stereocenters. The van der Waals surface area contributed by atoms with Crippen LogP contribution in [0.2, 0.25) is 0 Å². The van der Waals surface area contributed by atoms with Crippen LogP contribution in [0.1, 0.15) is 16.7 Å². The molecule has 3 aromatic rings. The molecule has 1 aromatic carbocycles. The number of para-hydroxylation sites is 1. The van der Waals surface area contributed by atoms with Gasteiger partial charge in [0.25, 0.3) is 0 Å². The zero-order valence-electron chi connectivity index (χ0n) is 14.8. The average molecular weight is 334 g/mol. The SMILES string of the molecule is COc1cccc(CCc2ccc(-c3ccc(C)cn3)nc2)c1OC. The van der Waals surface area contributed by atoms with Crippen LogP contribution in [-0.4, -0.2) is 24.2 Å². The van der Waals surface area contributed by atoms with E-state index in [-0.39, 0.29) is 0 Å². The van der Waals surface area contributed by atoms with Crippen molar-refractivity contribution in [2.45, 2.75) is 19.8 Å². The van der Waals surface area contributed by atoms with Crippen molar-refractivity contribution < 1.29 is 9.47 Å². The molecule has 0 N–H and O–H groups in total. The lowest BCUT2D eigenvalue weighted by Crippen LogP contribution is -1.98. The number of aromatic nitrogens is 2. The zero-order chi connectivity index (χ0) is 17.6. The van der Waals surface area contributed by atoms with E-state index in [1.165, 1.54) is 5.56 Å². The van der Waals surface area contributed by atoms with Crippen molar-refractivity contribution in [3.05, 3.63) is 71.5 Å². The van der Waals surface area contributed by atoms with Gasteiger partial charge < -0.3 is 9.47 Å². The number of hydrogen-bond donors (Lipinski definition) is 0. The molecule has 0 bridgehead atoms. The standard InChI is InChI=1S/C21H22N2O2/c1-15-7-11-18(22-13-15)19-12-9-16(14-23-19)8-10-17-5-4-6-20(24-2)21(17)25-3/h4-7,9,11-14H,8,10H2,1-3H3. The maximum atomic E-state index is 5.49. The highest BCUT2D eigenvalue weighted by molar-refractivity contribution is 5.54. The van der Waals surface area contributed by atoms with Gasteiger partial charge in [-0.2, -0.15) is 0 Å². The second kappa shape index (κ2) is 7.79. The number of rotatable bonds is 6. The molecule has 25 heavy (non-hydrogen) atoms. The summed E-state index contributed by atoms with van der Waals surface area (Å²) in [5, 5.41) is 0. The molecule has 128 valence electrons. The first kappa shape index (κ1) is 17.0. The Morgan fingerprint density at radius 1 is 0.800 bits per heavy atom. The summed E-state index contributed by atoms with van der Waals surface area (Å²) in [6.07, 6.45) is 5.53. The third kappa shape index (κ3) is 3.97. The van der Waals surface area contributed by atoms with Crippen molar-refractivity contribution in [2.24, 2.45) is 0 Å². The number of pyridine rings is 2. The van der Waals surface area contributed by atoms with Crippen molar-refractivity contribution in [3.63, 3.8) is 0 Å². The Labute approximate surface area is 148 Å². The minimum Gasteiger partial charge on any atom is -0.493 e. The molecule has 0 saturated heterocycles. The number of nitrogens with zero attached hydrogens (tertiary/aromatic N) is 2. The van der Waals surface area contributed by atoms with Crippen LogP contribution in [0.5, 0.6) is 11.5 Å². The summed E-state index contributed by atoms with van der Waals surface area (Å²) in [6, 6.07) is 14.1. The first-order chi connectivity index (χ1) is 12.2. The fourth-order valence-electron chi connectivity index (χ4n) is 2.77. The molecule has 0 aliphatic heterocycles. The van der Waals surface area contributed by atoms with E-state index in [9.17, 15) is 0 Å². The van der Waals surface area contributed by atoms with Gasteiger partial charge in [-0.3, -0.25) is 9.97 Å². The van der Waals surface area contributed by atoms with Crippen molar-refractivity contribution in [2.75, 3.05) is 14.2 Å². The van der Waals surface area contributed by atoms with Crippen molar-refractivity contribution in [3.8, 4) is 22.9 Å². The van der Waals surface area contributed by atoms with Crippen LogP contribution in [0.4, 0.5) is 0 Å². The lowest BCUT2D eigenvalue weighted by molar-refractivity contribution is 0.351. The van der Waals surface area contributed by atoms with Gasteiger partial charge in [0.2, 0.25) is 0 Å². The minimum absolute atomic E-state index is 0.763. The summed E-state index contributed by atoms with van der Waals surface area (Å²) in [5.41, 5.74) is 5.24. The molecule has 0 amide bonds. The average Bonchev–Trinajstić information content (AvgIpc) is 2.67. The van der Waals surface area contributed by atoms with Crippen LogP contribution in [0.15, 0.2) is 54.9 Å². The van der Waals surface area contributed by atoms with Gasteiger partial charge in [0.1, 0.15) is 0 Å². The summed E-state index contributed by atoms with van der Waals surface area (Å²) < 4.78 is 10.9. The second-order valence-electron chi connectivity index (χ2n) is 5.93. The smallest absolute Gasteiger partial charge is 0.163 e. The quantitative estimate of drug-likeness (QED) is 0.676. The lowest BCUT2D eigenvalue weighted by atomic mass is 10.0. The van der Waals surface area contributed by atoms with Crippen LogP contribution >= 0.6 is 0 Å². The van der Waals surface area contributed by atoms with Crippen molar-refractivity contribution in [1.82, 2.24) is 9.97 Å². The van der Waals surface area contributed by atoms with Gasteiger partial charge in [-0.15, -0.1) is 0 Å². The largest absolute Gasteiger partial charge is 0.493 e. The summed E-state index contributed by atoms with van der Waals surface area (Å²) in [7, 11) is 3.33. The van der Waals surface area contributed by atoms with Crippen molar-refractivity contribution in [1.29, 1.82) is 0 Å². The van der Waals surface area contributed by atoms with Crippen LogP contribution in [0.25, 0.3) is 11.4 Å². The van der Waals surface area contributed by atoms with E-state index in [1.807, 2.05) is 49.6 Å². The van der Waals surface area contributed by atoms with Gasteiger partial charge in [0.15, 0.2) is 11.5 Å². The van der Waals surface area contributed by atoms with E-state index in [1.54, 1.807) is 14.2 Å². The number of benzene rings is 1. The fraction of sp³-hybridized carbons (Fsp3) is 0.238. The van der Waals surface area contributed by atoms with E-state index in [0.29, 0.717) is 0 Å². The molecule has 0 atom stereocenters. The van der Waals surface area contributed by atoms with Gasteiger partial charge >= 0.3 is 0 Å². The molecule has 2 heterocycles. The molecular weight excluding hydrogens is 312 g/mol. The maximum Gasteiger partial charge on any atom is 0.163 e. The molecule has 3 rings (SSSR count). The summed E-state index contributed by atoms with van der Waals surface area (Å²) in [4.78, 5) is 8.97. The number of methoxy groups -OCH3 is 2. The Morgan fingerprint density at radius 3 is 2.16 bits per heavy atom. The van der Waals surface area contributed by atoms with Crippen LogP contribution in [-0.2, 0) is 12.8 Å². The topological polar surface area (TPSA) is 44.2 Å². The Morgan fingerprint density at radius 2 is 1.56 bits per heavy atom. The Kier molecular flexibility index (Phi) is 5.29. The predicted molar refractivity (Wildman–Crippen MR) is 99.2 cm³/mol. The van der Waals surface area contributed by atoms with Crippen LogP contribution in [0.3, 0.4) is 0 Å². The van der Waals surface area contributed by atoms with Gasteiger partial charge in [0.05, 0.1) is 25.6 Å². The third-order valence-electron chi connectivity index (χ3n) is 4.17. The van der Waals surface area contributed by atoms with E-state index < -0.39 is 0 Å². The second-order valence-corrected chi connectivity index (χ2v) is 5.93. The van der Waals surface area contributed by atoms with E-state index >= 15 is 0 Å². The lowest BCUT2D eigenvalue weighted by Gasteiger charge is -2.12. The van der Waals surface area contributed by atoms with E-state index in [2.05, 4.69) is 22.1 Å². The van der Waals surface area contributed by atoms with Crippen LogP contribution in [0, 0.1) is 6.92 Å². The molecule has 4 heteroatoms. The third-order valence-corrected chi connectivity index (χ3v) is 4.17. The molecule has 0 aliphatic carbocycles. The monoisotopic (exact) mass is 334 g/mol. The summed E-state index contributed by atoms with van der Waals surface area (Å²) >= 11 is 0. The summed E-state index contributed by atoms with van der Waals surface area (Å²) in [6.45, 7) is 2.03. The van der Waals surface area contributed by atoms with Gasteiger partial charge in [-0.05, 0) is 54.7 Å². The number of aryl methyl sites for hydroxylation is 3. The molecule has 2 aromatic heterocycles. The zero-order valence-corrected chi connectivity index (χ0v) is 14.8. The first-order valence-corrected chi connectivity index (χ1v) is 8.29. The van der Waals surface area contributed by atoms with Crippen LogP contribution < -0.4 is 9.47 Å². The normalized spacial score (nSPS) is 10.5. The molecule has 0 aliphatic rings. The Bertz CT molecular complexity index is 828. The van der Waals surface area contributed by atoms with E-state index in [4.69, 9.17) is 9.47 Å². The highest BCUT2D eigenvalue weighted by atomic mass is 16.5. The number of hydrogen-bond acceptors (Lipinski definition) is 4. The maximum absolute atomic E-state index is 5.49. The van der Waals surface area contributed by atoms with E-state index in [0.717, 1.165) is 46.9 Å². The highest BCUT2D eigenvalue weighted by Crippen LogP contribution is 2.31. The van der Waals surface area contributed by atoms with Gasteiger partial charge in [-0.25, -0.2) is 0 Å². The molecular formula is C21H22N2O2.